The fraction of sp³-hybridized carbons (Fsp3) is 0.0667. The van der Waals surface area contributed by atoms with Crippen molar-refractivity contribution in [1.82, 2.24) is 5.43 Å². The van der Waals surface area contributed by atoms with Crippen LogP contribution in [0.3, 0.4) is 0 Å². The Morgan fingerprint density at radius 1 is 1.30 bits per heavy atom. The summed E-state index contributed by atoms with van der Waals surface area (Å²) in [5, 5.41) is 24.1. The zero-order valence-electron chi connectivity index (χ0n) is 12.0. The van der Waals surface area contributed by atoms with Crippen LogP contribution in [0.15, 0.2) is 47.6 Å². The summed E-state index contributed by atoms with van der Waals surface area (Å²) in [6.45, 7) is 1.47. The molecule has 0 aromatic heterocycles. The number of hydrazone groups is 1. The Labute approximate surface area is 130 Å². The van der Waals surface area contributed by atoms with Gasteiger partial charge in [0, 0.05) is 23.3 Å². The molecule has 0 atom stereocenters. The number of amides is 1. The smallest absolute Gasteiger partial charge is 0.271 e. The molecular formula is C15H12FN3O4. The predicted octanol–water partition coefficient (Wildman–Crippen LogP) is 2.59. The van der Waals surface area contributed by atoms with Gasteiger partial charge < -0.3 is 5.11 Å². The molecule has 0 aliphatic heterocycles. The first-order valence-corrected chi connectivity index (χ1v) is 6.46. The molecule has 0 bridgehead atoms. The van der Waals surface area contributed by atoms with Crippen molar-refractivity contribution in [2.75, 3.05) is 0 Å². The van der Waals surface area contributed by atoms with Gasteiger partial charge in [-0.15, -0.1) is 0 Å². The van der Waals surface area contributed by atoms with Gasteiger partial charge >= 0.3 is 0 Å². The van der Waals surface area contributed by atoms with Crippen LogP contribution in [-0.2, 0) is 0 Å². The first-order chi connectivity index (χ1) is 10.9. The van der Waals surface area contributed by atoms with E-state index >= 15 is 0 Å². The third kappa shape index (κ3) is 3.88. The molecule has 2 N–H and O–H groups in total. The average Bonchev–Trinajstić information content (AvgIpc) is 2.54. The van der Waals surface area contributed by atoms with E-state index in [0.29, 0.717) is 0 Å². The number of hydrogen-bond acceptors (Lipinski definition) is 5. The summed E-state index contributed by atoms with van der Waals surface area (Å²) in [5.74, 6) is -1.40. The lowest BCUT2D eigenvalue weighted by Crippen LogP contribution is -2.19. The molecule has 0 aliphatic rings. The van der Waals surface area contributed by atoms with E-state index in [0.717, 1.165) is 18.2 Å². The van der Waals surface area contributed by atoms with Crippen molar-refractivity contribution in [2.45, 2.75) is 6.92 Å². The third-order valence-electron chi connectivity index (χ3n) is 2.99. The monoisotopic (exact) mass is 317 g/mol. The largest absolute Gasteiger partial charge is 0.507 e. The molecule has 0 unspecified atom stereocenters. The van der Waals surface area contributed by atoms with Gasteiger partial charge in [0.05, 0.1) is 10.6 Å². The van der Waals surface area contributed by atoms with Gasteiger partial charge in [0.1, 0.15) is 11.6 Å². The van der Waals surface area contributed by atoms with Crippen LogP contribution < -0.4 is 5.43 Å². The molecule has 0 spiro atoms. The zero-order valence-corrected chi connectivity index (χ0v) is 12.0. The Hall–Kier alpha value is -3.29. The zero-order chi connectivity index (χ0) is 17.0. The fourth-order valence-electron chi connectivity index (χ4n) is 1.82. The molecule has 0 fully saturated rings. The number of aromatic hydroxyl groups is 1. The van der Waals surface area contributed by atoms with Crippen LogP contribution in [-0.4, -0.2) is 21.6 Å². The summed E-state index contributed by atoms with van der Waals surface area (Å²) in [4.78, 5) is 22.0. The maximum Gasteiger partial charge on any atom is 0.271 e. The van der Waals surface area contributed by atoms with Crippen LogP contribution in [0.5, 0.6) is 5.75 Å². The second-order valence-corrected chi connectivity index (χ2v) is 4.61. The van der Waals surface area contributed by atoms with Crippen LogP contribution in [0.1, 0.15) is 22.8 Å². The summed E-state index contributed by atoms with van der Waals surface area (Å²) in [6.07, 6.45) is 0. The third-order valence-corrected chi connectivity index (χ3v) is 2.99. The first-order valence-electron chi connectivity index (χ1n) is 6.46. The van der Waals surface area contributed by atoms with E-state index in [1.54, 1.807) is 0 Å². The van der Waals surface area contributed by atoms with Gasteiger partial charge in [-0.25, -0.2) is 9.82 Å². The lowest BCUT2D eigenvalue weighted by atomic mass is 10.1. The number of carbonyl (C=O) groups is 1. The Kier molecular flexibility index (Phi) is 4.65. The van der Waals surface area contributed by atoms with Crippen molar-refractivity contribution >= 4 is 17.3 Å². The van der Waals surface area contributed by atoms with Crippen molar-refractivity contribution in [1.29, 1.82) is 0 Å². The van der Waals surface area contributed by atoms with Crippen molar-refractivity contribution in [3.8, 4) is 5.75 Å². The van der Waals surface area contributed by atoms with E-state index in [9.17, 15) is 24.4 Å². The van der Waals surface area contributed by atoms with Crippen LogP contribution >= 0.6 is 0 Å². The SMILES string of the molecule is C/C(=N\NC(=O)c1cccc([N+](=O)[O-])c1)c1cc(F)ccc1O. The molecular weight excluding hydrogens is 305 g/mol. The van der Waals surface area contributed by atoms with Gasteiger partial charge in [0.2, 0.25) is 0 Å². The number of nitrogens with zero attached hydrogens (tertiary/aromatic N) is 2. The number of phenols is 1. The Balaban J connectivity index is 2.18. The van der Waals surface area contributed by atoms with E-state index in [-0.39, 0.29) is 28.3 Å². The van der Waals surface area contributed by atoms with Gasteiger partial charge in [0.25, 0.3) is 11.6 Å². The maximum atomic E-state index is 13.2. The number of halogens is 1. The molecule has 0 radical (unpaired) electrons. The number of phenolic OH excluding ortho intramolecular Hbond substituents is 1. The van der Waals surface area contributed by atoms with Gasteiger partial charge in [-0.1, -0.05) is 6.07 Å². The van der Waals surface area contributed by atoms with Crippen molar-refractivity contribution in [2.24, 2.45) is 5.10 Å². The fourth-order valence-corrected chi connectivity index (χ4v) is 1.82. The molecule has 0 saturated carbocycles. The number of nitro groups is 1. The number of nitrogens with one attached hydrogen (secondary N) is 1. The minimum Gasteiger partial charge on any atom is -0.507 e. The van der Waals surface area contributed by atoms with Crippen LogP contribution in [0, 0.1) is 15.9 Å². The van der Waals surface area contributed by atoms with Gasteiger partial charge in [-0.2, -0.15) is 5.10 Å². The summed E-state index contributed by atoms with van der Waals surface area (Å²) in [5.41, 5.74) is 2.35. The van der Waals surface area contributed by atoms with E-state index in [4.69, 9.17) is 0 Å². The van der Waals surface area contributed by atoms with E-state index in [2.05, 4.69) is 10.5 Å². The van der Waals surface area contributed by atoms with Crippen molar-refractivity contribution < 1.29 is 19.2 Å². The predicted molar refractivity (Wildman–Crippen MR) is 80.8 cm³/mol. The van der Waals surface area contributed by atoms with Crippen LogP contribution in [0.25, 0.3) is 0 Å². The van der Waals surface area contributed by atoms with E-state index < -0.39 is 16.6 Å². The summed E-state index contributed by atoms with van der Waals surface area (Å²) in [6, 6.07) is 8.48. The van der Waals surface area contributed by atoms with Crippen molar-refractivity contribution in [3.05, 3.63) is 69.5 Å². The Morgan fingerprint density at radius 3 is 2.74 bits per heavy atom. The molecule has 0 heterocycles. The Bertz CT molecular complexity index is 805. The van der Waals surface area contributed by atoms with Crippen molar-refractivity contribution in [3.63, 3.8) is 0 Å². The lowest BCUT2D eigenvalue weighted by Gasteiger charge is -2.05. The molecule has 23 heavy (non-hydrogen) atoms. The minimum absolute atomic E-state index is 0.0548. The molecule has 0 aliphatic carbocycles. The number of nitro benzene ring substituents is 1. The number of non-ortho nitro benzene ring substituents is 1. The molecule has 118 valence electrons. The summed E-state index contributed by atoms with van der Waals surface area (Å²) >= 11 is 0. The second kappa shape index (κ2) is 6.65. The Morgan fingerprint density at radius 2 is 2.04 bits per heavy atom. The summed E-state index contributed by atoms with van der Waals surface area (Å²) in [7, 11) is 0. The number of benzene rings is 2. The standard InChI is InChI=1S/C15H12FN3O4/c1-9(13-8-11(16)5-6-14(13)20)17-18-15(21)10-3-2-4-12(7-10)19(22)23/h2-8,20H,1H3,(H,18,21)/b17-9+. The highest BCUT2D eigenvalue weighted by molar-refractivity contribution is 6.02. The van der Waals surface area contributed by atoms with Gasteiger partial charge in [-0.05, 0) is 31.2 Å². The van der Waals surface area contributed by atoms with Crippen LogP contribution in [0.4, 0.5) is 10.1 Å². The number of hydrogen-bond donors (Lipinski definition) is 2. The van der Waals surface area contributed by atoms with Gasteiger partial charge in [0.15, 0.2) is 0 Å². The number of carbonyl (C=O) groups excluding carboxylic acids is 1. The number of rotatable bonds is 4. The molecule has 8 heteroatoms. The molecule has 2 aromatic carbocycles. The highest BCUT2D eigenvalue weighted by atomic mass is 19.1. The van der Waals surface area contributed by atoms with Gasteiger partial charge in [-0.3, -0.25) is 14.9 Å². The normalized spacial score (nSPS) is 11.1. The van der Waals surface area contributed by atoms with E-state index in [1.807, 2.05) is 0 Å². The topological polar surface area (TPSA) is 105 Å². The summed E-state index contributed by atoms with van der Waals surface area (Å²) < 4.78 is 13.2. The first kappa shape index (κ1) is 16.1. The molecule has 0 saturated heterocycles. The highest BCUT2D eigenvalue weighted by Gasteiger charge is 2.12. The maximum absolute atomic E-state index is 13.2. The molecule has 7 nitrogen and oxygen atoms in total. The average molecular weight is 317 g/mol. The molecule has 2 aromatic rings. The second-order valence-electron chi connectivity index (χ2n) is 4.61. The lowest BCUT2D eigenvalue weighted by molar-refractivity contribution is -0.384. The van der Waals surface area contributed by atoms with E-state index in [1.165, 1.54) is 31.2 Å². The van der Waals surface area contributed by atoms with Crippen LogP contribution in [0.2, 0.25) is 0 Å². The highest BCUT2D eigenvalue weighted by Crippen LogP contribution is 2.18. The molecule has 2 rings (SSSR count). The minimum atomic E-state index is -0.663. The molecule has 1 amide bonds. The quantitative estimate of drug-likeness (QED) is 0.513.